The predicted molar refractivity (Wildman–Crippen MR) is 69.0 cm³/mol. The molecule has 2 N–H and O–H groups in total. The number of ether oxygens (including phenoxy) is 3. The molecule has 0 atom stereocenters. The average Bonchev–Trinajstić information content (AvgIpc) is 2.40. The lowest BCUT2D eigenvalue weighted by atomic mass is 10.2. The largest absolute Gasteiger partial charge is 0.502 e. The smallest absolute Gasteiger partial charge is 0.427 e. The van der Waals surface area contributed by atoms with Crippen molar-refractivity contribution >= 4 is 12.3 Å². The molecule has 0 aliphatic heterocycles. The maximum Gasteiger partial charge on any atom is 0.427 e. The van der Waals surface area contributed by atoms with E-state index in [2.05, 4.69) is 15.3 Å². The third-order valence-corrected chi connectivity index (χ3v) is 2.15. The fourth-order valence-electron chi connectivity index (χ4n) is 1.31. The van der Waals surface area contributed by atoms with Crippen LogP contribution in [0.25, 0.3) is 0 Å². The van der Waals surface area contributed by atoms with E-state index in [1.165, 1.54) is 20.4 Å². The molecule has 1 aromatic carbocycles. The van der Waals surface area contributed by atoms with Gasteiger partial charge in [-0.3, -0.25) is 0 Å². The summed E-state index contributed by atoms with van der Waals surface area (Å²) < 4.78 is 14.6. The SMILES string of the molecule is CCOC(=O)N/N=C\c1cc(OC)c(O)c(OC)c1. The number of nitrogens with one attached hydrogen (secondary N) is 1. The van der Waals surface area contributed by atoms with Crippen LogP contribution in [0.1, 0.15) is 12.5 Å². The molecule has 0 unspecified atom stereocenters. The van der Waals surface area contributed by atoms with Gasteiger partial charge in [0.05, 0.1) is 27.0 Å². The summed E-state index contributed by atoms with van der Waals surface area (Å²) in [5, 5.41) is 13.4. The van der Waals surface area contributed by atoms with Gasteiger partial charge in [0.15, 0.2) is 11.5 Å². The quantitative estimate of drug-likeness (QED) is 0.623. The van der Waals surface area contributed by atoms with Crippen molar-refractivity contribution in [2.45, 2.75) is 6.92 Å². The second kappa shape index (κ2) is 7.10. The molecule has 7 nitrogen and oxygen atoms in total. The highest BCUT2D eigenvalue weighted by atomic mass is 16.5. The number of carbonyl (C=O) groups is 1. The van der Waals surface area contributed by atoms with Crippen LogP contribution in [0, 0.1) is 0 Å². The molecule has 104 valence electrons. The standard InChI is InChI=1S/C12H16N2O5/c1-4-19-12(16)14-13-7-8-5-9(17-2)11(15)10(6-8)18-3/h5-7,15H,4H2,1-3H3,(H,14,16)/b13-7-. The van der Waals surface area contributed by atoms with Crippen LogP contribution in [0.3, 0.4) is 0 Å². The van der Waals surface area contributed by atoms with Crippen LogP contribution >= 0.6 is 0 Å². The molecule has 19 heavy (non-hydrogen) atoms. The zero-order chi connectivity index (χ0) is 14.3. The van der Waals surface area contributed by atoms with Crippen molar-refractivity contribution in [3.8, 4) is 17.2 Å². The van der Waals surface area contributed by atoms with E-state index in [1.807, 2.05) is 0 Å². The average molecular weight is 268 g/mol. The van der Waals surface area contributed by atoms with Crippen LogP contribution in [-0.2, 0) is 4.74 Å². The van der Waals surface area contributed by atoms with Gasteiger partial charge in [0.1, 0.15) is 0 Å². The number of rotatable bonds is 5. The lowest BCUT2D eigenvalue weighted by Gasteiger charge is -2.09. The molecule has 1 amide bonds. The summed E-state index contributed by atoms with van der Waals surface area (Å²) in [4.78, 5) is 11.0. The van der Waals surface area contributed by atoms with E-state index < -0.39 is 6.09 Å². The van der Waals surface area contributed by atoms with Crippen LogP contribution in [0.4, 0.5) is 4.79 Å². The summed E-state index contributed by atoms with van der Waals surface area (Å²) in [6, 6.07) is 3.10. The zero-order valence-electron chi connectivity index (χ0n) is 11.0. The van der Waals surface area contributed by atoms with Crippen LogP contribution in [0.5, 0.6) is 17.2 Å². The molecule has 0 heterocycles. The number of aromatic hydroxyl groups is 1. The van der Waals surface area contributed by atoms with Crippen LogP contribution in [0.2, 0.25) is 0 Å². The molecule has 0 fully saturated rings. The number of benzene rings is 1. The molecule has 0 spiro atoms. The molecule has 0 aliphatic carbocycles. The van der Waals surface area contributed by atoms with Gasteiger partial charge in [-0.05, 0) is 19.1 Å². The number of hydrogen-bond acceptors (Lipinski definition) is 6. The van der Waals surface area contributed by atoms with Gasteiger partial charge in [0.25, 0.3) is 0 Å². The second-order valence-electron chi connectivity index (χ2n) is 3.36. The first-order valence-electron chi connectivity index (χ1n) is 5.53. The Morgan fingerprint density at radius 1 is 1.37 bits per heavy atom. The first kappa shape index (κ1) is 14.6. The molecule has 0 saturated heterocycles. The number of amides is 1. The number of phenolic OH excluding ortho intramolecular Hbond substituents is 1. The number of hydrazone groups is 1. The van der Waals surface area contributed by atoms with E-state index in [4.69, 9.17) is 9.47 Å². The summed E-state index contributed by atoms with van der Waals surface area (Å²) in [5.41, 5.74) is 2.77. The van der Waals surface area contributed by atoms with Crippen molar-refractivity contribution in [1.29, 1.82) is 0 Å². The number of nitrogens with zero attached hydrogens (tertiary/aromatic N) is 1. The summed E-state index contributed by atoms with van der Waals surface area (Å²) >= 11 is 0. The van der Waals surface area contributed by atoms with E-state index >= 15 is 0 Å². The first-order chi connectivity index (χ1) is 9.12. The van der Waals surface area contributed by atoms with Crippen molar-refractivity contribution in [2.75, 3.05) is 20.8 Å². The van der Waals surface area contributed by atoms with Gasteiger partial charge >= 0.3 is 6.09 Å². The Bertz CT molecular complexity index is 448. The van der Waals surface area contributed by atoms with Gasteiger partial charge in [-0.2, -0.15) is 5.10 Å². The topological polar surface area (TPSA) is 89.4 Å². The number of methoxy groups -OCH3 is 2. The second-order valence-corrected chi connectivity index (χ2v) is 3.36. The van der Waals surface area contributed by atoms with Gasteiger partial charge in [0, 0.05) is 5.56 Å². The third kappa shape index (κ3) is 4.06. The molecule has 1 aromatic rings. The highest BCUT2D eigenvalue weighted by Crippen LogP contribution is 2.36. The first-order valence-corrected chi connectivity index (χ1v) is 5.53. The fourth-order valence-corrected chi connectivity index (χ4v) is 1.31. The molecule has 1 rings (SSSR count). The van der Waals surface area contributed by atoms with Gasteiger partial charge in [-0.25, -0.2) is 10.2 Å². The normalized spacial score (nSPS) is 10.3. The Morgan fingerprint density at radius 3 is 2.42 bits per heavy atom. The Kier molecular flexibility index (Phi) is 5.46. The Labute approximate surface area is 110 Å². The number of phenols is 1. The minimum absolute atomic E-state index is 0.0968. The van der Waals surface area contributed by atoms with E-state index in [-0.39, 0.29) is 23.9 Å². The third-order valence-electron chi connectivity index (χ3n) is 2.15. The maximum atomic E-state index is 11.0. The highest BCUT2D eigenvalue weighted by molar-refractivity contribution is 5.83. The molecule has 0 radical (unpaired) electrons. The molecule has 0 aliphatic rings. The Balaban J connectivity index is 2.83. The summed E-state index contributed by atoms with van der Waals surface area (Å²) in [6.07, 6.45) is 0.734. The van der Waals surface area contributed by atoms with Gasteiger partial charge < -0.3 is 19.3 Å². The molecule has 0 saturated carbocycles. The van der Waals surface area contributed by atoms with E-state index in [0.717, 1.165) is 0 Å². The summed E-state index contributed by atoms with van der Waals surface area (Å²) in [7, 11) is 2.85. The molecule has 0 bridgehead atoms. The molecule has 7 heteroatoms. The zero-order valence-corrected chi connectivity index (χ0v) is 11.0. The van der Waals surface area contributed by atoms with Crippen LogP contribution < -0.4 is 14.9 Å². The maximum absolute atomic E-state index is 11.0. The number of carbonyl (C=O) groups excluding carboxylic acids is 1. The monoisotopic (exact) mass is 268 g/mol. The van der Waals surface area contributed by atoms with Crippen LogP contribution in [-0.4, -0.2) is 38.2 Å². The fraction of sp³-hybridized carbons (Fsp3) is 0.333. The lowest BCUT2D eigenvalue weighted by molar-refractivity contribution is 0.152. The van der Waals surface area contributed by atoms with Gasteiger partial charge in [0.2, 0.25) is 5.75 Å². The molecule has 0 aromatic heterocycles. The number of hydrogen-bond donors (Lipinski definition) is 2. The van der Waals surface area contributed by atoms with Crippen molar-refractivity contribution in [1.82, 2.24) is 5.43 Å². The van der Waals surface area contributed by atoms with Gasteiger partial charge in [-0.15, -0.1) is 0 Å². The van der Waals surface area contributed by atoms with Crippen molar-refractivity contribution in [3.63, 3.8) is 0 Å². The minimum atomic E-state index is -0.642. The van der Waals surface area contributed by atoms with Crippen molar-refractivity contribution in [3.05, 3.63) is 17.7 Å². The van der Waals surface area contributed by atoms with Crippen molar-refractivity contribution in [2.24, 2.45) is 5.10 Å². The van der Waals surface area contributed by atoms with Crippen LogP contribution in [0.15, 0.2) is 17.2 Å². The lowest BCUT2D eigenvalue weighted by Crippen LogP contribution is -2.18. The summed E-state index contributed by atoms with van der Waals surface area (Å²) in [6.45, 7) is 1.96. The Morgan fingerprint density at radius 2 is 1.95 bits per heavy atom. The van der Waals surface area contributed by atoms with Crippen molar-refractivity contribution < 1.29 is 24.1 Å². The molecular weight excluding hydrogens is 252 g/mol. The highest BCUT2D eigenvalue weighted by Gasteiger charge is 2.10. The van der Waals surface area contributed by atoms with Gasteiger partial charge in [-0.1, -0.05) is 0 Å². The summed E-state index contributed by atoms with van der Waals surface area (Å²) in [5.74, 6) is 0.398. The molecular formula is C12H16N2O5. The van der Waals surface area contributed by atoms with E-state index in [1.54, 1.807) is 19.1 Å². The van der Waals surface area contributed by atoms with E-state index in [0.29, 0.717) is 5.56 Å². The predicted octanol–water partition coefficient (Wildman–Crippen LogP) is 1.49. The Hall–Kier alpha value is -2.44. The van der Waals surface area contributed by atoms with E-state index in [9.17, 15) is 9.90 Å². The minimum Gasteiger partial charge on any atom is -0.502 e.